The quantitative estimate of drug-likeness (QED) is 0.422. The number of hydrogen-bond acceptors (Lipinski definition) is 9. The van der Waals surface area contributed by atoms with Crippen molar-refractivity contribution < 1.29 is 22.3 Å². The first kappa shape index (κ1) is 24.3. The summed E-state index contributed by atoms with van der Waals surface area (Å²) in [6, 6.07) is 4.15. The lowest BCUT2D eigenvalue weighted by atomic mass is 9.94. The molecule has 2 aliphatic heterocycles. The van der Waals surface area contributed by atoms with E-state index in [9.17, 15) is 22.9 Å². The summed E-state index contributed by atoms with van der Waals surface area (Å²) in [7, 11) is -2.48. The van der Waals surface area contributed by atoms with Crippen LogP contribution in [0.1, 0.15) is 23.0 Å². The van der Waals surface area contributed by atoms with Crippen molar-refractivity contribution >= 4 is 44.8 Å². The number of aromatic nitrogens is 1. The zero-order valence-electron chi connectivity index (χ0n) is 18.1. The minimum atomic E-state index is -3.72. The average molecular weight is 524 g/mol. The highest BCUT2D eigenvalue weighted by Gasteiger charge is 2.45. The van der Waals surface area contributed by atoms with E-state index in [0.29, 0.717) is 22.1 Å². The number of ether oxygens (including phenoxy) is 1. The molecule has 1 aromatic heterocycles. The molecule has 0 saturated carbocycles. The van der Waals surface area contributed by atoms with Crippen molar-refractivity contribution in [3.8, 4) is 6.07 Å². The van der Waals surface area contributed by atoms with E-state index >= 15 is 0 Å². The van der Waals surface area contributed by atoms with E-state index in [0.717, 1.165) is 16.6 Å². The van der Waals surface area contributed by atoms with Gasteiger partial charge in [0.05, 0.1) is 25.0 Å². The van der Waals surface area contributed by atoms with Crippen LogP contribution in [-0.2, 0) is 19.6 Å². The minimum Gasteiger partial charge on any atom is -0.466 e. The van der Waals surface area contributed by atoms with Gasteiger partial charge in [0.15, 0.2) is 10.8 Å². The summed E-state index contributed by atoms with van der Waals surface area (Å²) < 4.78 is 44.7. The maximum absolute atomic E-state index is 13.7. The van der Waals surface area contributed by atoms with Crippen molar-refractivity contribution in [1.82, 2.24) is 14.2 Å². The molecule has 2 aliphatic rings. The number of methoxy groups -OCH3 is 1. The molecule has 3 heterocycles. The standard InChI is InChI=1S/C21H19ClFN5O4S2/c1-32-21(29)17-16-10-13(28(7-5-24)34(2,30)31)11-27(16)19(20-25-6-8-33-20)26-18(17)14-4-3-12(23)9-15(14)22/h3-4,6,8-9,13,18H,7,10-11H2,1-2H3/t13-,18-/m0/s1. The average Bonchev–Trinajstić information content (AvgIpc) is 3.45. The number of amidine groups is 1. The number of halogens is 2. The lowest BCUT2D eigenvalue weighted by Gasteiger charge is -2.31. The van der Waals surface area contributed by atoms with Crippen molar-refractivity contribution in [2.24, 2.45) is 4.99 Å². The lowest BCUT2D eigenvalue weighted by Crippen LogP contribution is -2.42. The third-order valence-electron chi connectivity index (χ3n) is 5.59. The Morgan fingerprint density at radius 2 is 2.24 bits per heavy atom. The number of esters is 1. The Morgan fingerprint density at radius 3 is 2.82 bits per heavy atom. The van der Waals surface area contributed by atoms with Crippen LogP contribution < -0.4 is 0 Å². The molecule has 0 bridgehead atoms. The van der Waals surface area contributed by atoms with Crippen LogP contribution in [-0.4, -0.2) is 66.9 Å². The lowest BCUT2D eigenvalue weighted by molar-refractivity contribution is -0.136. The molecule has 2 atom stereocenters. The Kier molecular flexibility index (Phi) is 6.73. The number of aliphatic imine (C=N–C) groups is 1. The normalized spacial score (nSPS) is 20.2. The number of nitrogens with zero attached hydrogens (tertiary/aromatic N) is 5. The number of benzene rings is 1. The zero-order valence-corrected chi connectivity index (χ0v) is 20.5. The highest BCUT2D eigenvalue weighted by Crippen LogP contribution is 2.43. The van der Waals surface area contributed by atoms with Gasteiger partial charge >= 0.3 is 5.97 Å². The van der Waals surface area contributed by atoms with Gasteiger partial charge in [0, 0.05) is 46.9 Å². The molecular formula is C21H19ClFN5O4S2. The van der Waals surface area contributed by atoms with Crippen molar-refractivity contribution in [2.45, 2.75) is 18.5 Å². The van der Waals surface area contributed by atoms with Gasteiger partial charge in [0.25, 0.3) is 0 Å². The first-order chi connectivity index (χ1) is 16.2. The number of sulfonamides is 1. The second-order valence-electron chi connectivity index (χ2n) is 7.65. The first-order valence-electron chi connectivity index (χ1n) is 10.0. The maximum Gasteiger partial charge on any atom is 0.338 e. The number of rotatable bonds is 6. The van der Waals surface area contributed by atoms with Gasteiger partial charge in [-0.15, -0.1) is 11.3 Å². The molecule has 0 radical (unpaired) electrons. The molecule has 1 aromatic carbocycles. The second-order valence-corrected chi connectivity index (χ2v) is 10.9. The van der Waals surface area contributed by atoms with Crippen LogP contribution >= 0.6 is 22.9 Å². The Balaban J connectivity index is 1.91. The summed E-state index contributed by atoms with van der Waals surface area (Å²) >= 11 is 7.66. The van der Waals surface area contributed by atoms with Gasteiger partial charge in [-0.3, -0.25) is 4.99 Å². The van der Waals surface area contributed by atoms with Crippen LogP contribution in [0.4, 0.5) is 4.39 Å². The van der Waals surface area contributed by atoms with Crippen LogP contribution in [0.25, 0.3) is 0 Å². The number of thiazole rings is 1. The van der Waals surface area contributed by atoms with Crippen LogP contribution in [0.15, 0.2) is 46.0 Å². The number of carbonyl (C=O) groups is 1. The smallest absolute Gasteiger partial charge is 0.338 e. The topological polar surface area (TPSA) is 116 Å². The van der Waals surface area contributed by atoms with E-state index in [4.69, 9.17) is 21.3 Å². The van der Waals surface area contributed by atoms with E-state index < -0.39 is 33.9 Å². The van der Waals surface area contributed by atoms with Crippen molar-refractivity contribution in [3.05, 3.63) is 62.5 Å². The summed E-state index contributed by atoms with van der Waals surface area (Å²) in [6.45, 7) is -0.179. The third kappa shape index (κ3) is 4.44. The molecule has 0 amide bonds. The number of nitriles is 1. The van der Waals surface area contributed by atoms with Crippen molar-refractivity contribution in [2.75, 3.05) is 26.5 Å². The molecule has 0 unspecified atom stereocenters. The van der Waals surface area contributed by atoms with Crippen LogP contribution in [0.2, 0.25) is 5.02 Å². The summed E-state index contributed by atoms with van der Waals surface area (Å²) in [5, 5.41) is 11.6. The van der Waals surface area contributed by atoms with E-state index in [1.807, 2.05) is 6.07 Å². The van der Waals surface area contributed by atoms with Crippen molar-refractivity contribution in [3.63, 3.8) is 0 Å². The maximum atomic E-state index is 13.7. The van der Waals surface area contributed by atoms with Gasteiger partial charge in [0.1, 0.15) is 18.4 Å². The Bertz CT molecular complexity index is 1340. The van der Waals surface area contributed by atoms with Gasteiger partial charge < -0.3 is 9.64 Å². The Labute approximate surface area is 204 Å². The third-order valence-corrected chi connectivity index (χ3v) is 7.96. The number of hydrogen-bond donors (Lipinski definition) is 0. The van der Waals surface area contributed by atoms with Crippen LogP contribution in [0.3, 0.4) is 0 Å². The fraction of sp³-hybridized carbons (Fsp3) is 0.333. The highest BCUT2D eigenvalue weighted by atomic mass is 35.5. The minimum absolute atomic E-state index is 0.0829. The van der Waals surface area contributed by atoms with E-state index in [-0.39, 0.29) is 30.1 Å². The molecule has 1 fully saturated rings. The van der Waals surface area contributed by atoms with E-state index in [1.165, 1.54) is 30.6 Å². The van der Waals surface area contributed by atoms with Gasteiger partial charge in [-0.2, -0.15) is 9.57 Å². The molecule has 1 saturated heterocycles. The molecule has 13 heteroatoms. The largest absolute Gasteiger partial charge is 0.466 e. The fourth-order valence-corrected chi connectivity index (χ4v) is 6.06. The molecule has 178 valence electrons. The fourth-order valence-electron chi connectivity index (χ4n) is 4.17. The summed E-state index contributed by atoms with van der Waals surface area (Å²) in [5.41, 5.74) is 1.06. The zero-order chi connectivity index (χ0) is 24.6. The van der Waals surface area contributed by atoms with E-state index in [2.05, 4.69) is 4.98 Å². The summed E-state index contributed by atoms with van der Waals surface area (Å²) in [5.74, 6) is -0.779. The monoisotopic (exact) mass is 523 g/mol. The molecule has 0 aliphatic carbocycles. The first-order valence-corrected chi connectivity index (χ1v) is 13.1. The summed E-state index contributed by atoms with van der Waals surface area (Å²) in [6.07, 6.45) is 2.78. The SMILES string of the molecule is COC(=O)C1=C2C[C@H](N(CC#N)S(C)(=O)=O)CN2C(c2nccs2)=N[C@H]1c1ccc(F)cc1Cl. The number of carbonyl (C=O) groups excluding carboxylic acids is 1. The van der Waals surface area contributed by atoms with Crippen molar-refractivity contribution in [1.29, 1.82) is 5.26 Å². The summed E-state index contributed by atoms with van der Waals surface area (Å²) in [4.78, 5) is 23.8. The molecule has 2 aromatic rings. The Morgan fingerprint density at radius 1 is 1.47 bits per heavy atom. The number of fused-ring (bicyclic) bond motifs is 1. The van der Waals surface area contributed by atoms with Gasteiger partial charge in [-0.1, -0.05) is 17.7 Å². The molecule has 0 spiro atoms. The van der Waals surface area contributed by atoms with Gasteiger partial charge in [-0.25, -0.2) is 22.6 Å². The van der Waals surface area contributed by atoms with E-state index in [1.54, 1.807) is 16.5 Å². The van der Waals surface area contributed by atoms with Gasteiger partial charge in [-0.05, 0) is 12.1 Å². The highest BCUT2D eigenvalue weighted by molar-refractivity contribution is 7.88. The predicted molar refractivity (Wildman–Crippen MR) is 124 cm³/mol. The predicted octanol–water partition coefficient (Wildman–Crippen LogP) is 2.72. The van der Waals surface area contributed by atoms with Crippen LogP contribution in [0, 0.1) is 17.1 Å². The molecule has 34 heavy (non-hydrogen) atoms. The van der Waals surface area contributed by atoms with Gasteiger partial charge in [0.2, 0.25) is 10.0 Å². The van der Waals surface area contributed by atoms with Crippen LogP contribution in [0.5, 0.6) is 0 Å². The Hall–Kier alpha value is -2.85. The molecule has 9 nitrogen and oxygen atoms in total. The molecular weight excluding hydrogens is 505 g/mol. The molecule has 4 rings (SSSR count). The molecule has 0 N–H and O–H groups in total. The second kappa shape index (κ2) is 9.42.